The van der Waals surface area contributed by atoms with Crippen molar-refractivity contribution in [1.82, 2.24) is 5.32 Å². The Kier molecular flexibility index (Phi) is 2.32. The Labute approximate surface area is 63.0 Å². The molecule has 0 unspecified atom stereocenters. The second kappa shape index (κ2) is 2.89. The maximum Gasteiger partial charge on any atom is 0.0997 e. The Bertz CT molecular complexity index is 112. The van der Waals surface area contributed by atoms with Crippen molar-refractivity contribution >= 4 is 0 Å². The van der Waals surface area contributed by atoms with Crippen LogP contribution in [0.4, 0.5) is 0 Å². The SMILES string of the molecule is CO[C]1CCNC(C)(C)C1. The first-order valence-electron chi connectivity index (χ1n) is 3.78. The van der Waals surface area contributed by atoms with Crippen LogP contribution in [-0.2, 0) is 4.74 Å². The smallest absolute Gasteiger partial charge is 0.0997 e. The van der Waals surface area contributed by atoms with Crippen LogP contribution in [0.5, 0.6) is 0 Å². The second-order valence-electron chi connectivity index (χ2n) is 3.48. The molecule has 1 aliphatic heterocycles. The Morgan fingerprint density at radius 2 is 2.20 bits per heavy atom. The molecule has 1 radical (unpaired) electrons. The van der Waals surface area contributed by atoms with Crippen LogP contribution in [0.2, 0.25) is 0 Å². The molecule has 0 aromatic heterocycles. The second-order valence-corrected chi connectivity index (χ2v) is 3.48. The highest BCUT2D eigenvalue weighted by Gasteiger charge is 2.27. The summed E-state index contributed by atoms with van der Waals surface area (Å²) < 4.78 is 5.20. The van der Waals surface area contributed by atoms with Gasteiger partial charge in [-0.1, -0.05) is 0 Å². The van der Waals surface area contributed by atoms with Gasteiger partial charge in [-0.25, -0.2) is 0 Å². The van der Waals surface area contributed by atoms with Crippen molar-refractivity contribution in [3.8, 4) is 0 Å². The normalized spacial score (nSPS) is 26.7. The molecule has 0 aliphatic carbocycles. The van der Waals surface area contributed by atoms with Gasteiger partial charge in [-0.2, -0.15) is 0 Å². The first-order chi connectivity index (χ1) is 4.64. The van der Waals surface area contributed by atoms with Crippen molar-refractivity contribution in [1.29, 1.82) is 0 Å². The first kappa shape index (κ1) is 8.02. The monoisotopic (exact) mass is 142 g/mol. The molecular weight excluding hydrogens is 126 g/mol. The highest BCUT2D eigenvalue weighted by molar-refractivity contribution is 4.96. The maximum atomic E-state index is 5.20. The minimum Gasteiger partial charge on any atom is -0.375 e. The molecule has 0 bridgehead atoms. The van der Waals surface area contributed by atoms with Crippen molar-refractivity contribution in [2.45, 2.75) is 32.2 Å². The summed E-state index contributed by atoms with van der Waals surface area (Å²) in [6.45, 7) is 5.45. The number of nitrogens with one attached hydrogen (secondary N) is 1. The van der Waals surface area contributed by atoms with Crippen LogP contribution in [0.15, 0.2) is 0 Å². The number of methoxy groups -OCH3 is 1. The minimum absolute atomic E-state index is 0.240. The van der Waals surface area contributed by atoms with Crippen molar-refractivity contribution in [2.75, 3.05) is 13.7 Å². The average Bonchev–Trinajstić information content (AvgIpc) is 1.86. The Morgan fingerprint density at radius 3 is 2.60 bits per heavy atom. The van der Waals surface area contributed by atoms with Crippen molar-refractivity contribution < 1.29 is 4.74 Å². The van der Waals surface area contributed by atoms with Gasteiger partial charge in [-0.3, -0.25) is 0 Å². The summed E-state index contributed by atoms with van der Waals surface area (Å²) >= 11 is 0. The van der Waals surface area contributed by atoms with Crippen molar-refractivity contribution in [3.05, 3.63) is 6.10 Å². The fourth-order valence-corrected chi connectivity index (χ4v) is 1.36. The van der Waals surface area contributed by atoms with Gasteiger partial charge < -0.3 is 10.1 Å². The summed E-state index contributed by atoms with van der Waals surface area (Å²) in [4.78, 5) is 0. The van der Waals surface area contributed by atoms with E-state index in [0.29, 0.717) is 0 Å². The molecule has 2 heteroatoms. The van der Waals surface area contributed by atoms with Gasteiger partial charge in [0.05, 0.1) is 6.10 Å². The lowest BCUT2D eigenvalue weighted by atomic mass is 9.91. The molecule has 1 aliphatic rings. The van der Waals surface area contributed by atoms with Crippen LogP contribution in [0.25, 0.3) is 0 Å². The molecule has 0 atom stereocenters. The van der Waals surface area contributed by atoms with E-state index in [4.69, 9.17) is 4.74 Å². The molecule has 0 spiro atoms. The van der Waals surface area contributed by atoms with Crippen molar-refractivity contribution in [3.63, 3.8) is 0 Å². The zero-order valence-corrected chi connectivity index (χ0v) is 7.03. The predicted molar refractivity (Wildman–Crippen MR) is 41.6 cm³/mol. The third-order valence-electron chi connectivity index (χ3n) is 1.94. The van der Waals surface area contributed by atoms with Gasteiger partial charge in [0.2, 0.25) is 0 Å². The van der Waals surface area contributed by atoms with Gasteiger partial charge in [0.15, 0.2) is 0 Å². The zero-order valence-electron chi connectivity index (χ0n) is 7.03. The number of piperidine rings is 1. The maximum absolute atomic E-state index is 5.20. The van der Waals surface area contributed by atoms with Gasteiger partial charge in [-0.05, 0) is 33.2 Å². The predicted octanol–water partition coefficient (Wildman–Crippen LogP) is 1.33. The molecule has 2 nitrogen and oxygen atoms in total. The average molecular weight is 142 g/mol. The Balaban J connectivity index is 2.40. The van der Waals surface area contributed by atoms with Crippen LogP contribution < -0.4 is 5.32 Å². The fourth-order valence-electron chi connectivity index (χ4n) is 1.36. The topological polar surface area (TPSA) is 21.3 Å². The molecule has 0 saturated carbocycles. The van der Waals surface area contributed by atoms with Gasteiger partial charge in [0, 0.05) is 12.6 Å². The van der Waals surface area contributed by atoms with Gasteiger partial charge in [-0.15, -0.1) is 0 Å². The van der Waals surface area contributed by atoms with Crippen LogP contribution in [0.3, 0.4) is 0 Å². The summed E-state index contributed by atoms with van der Waals surface area (Å²) in [6, 6.07) is 0. The molecule has 0 aromatic rings. The zero-order chi connectivity index (χ0) is 7.61. The first-order valence-corrected chi connectivity index (χ1v) is 3.78. The minimum atomic E-state index is 0.240. The highest BCUT2D eigenvalue weighted by atomic mass is 16.5. The summed E-state index contributed by atoms with van der Waals surface area (Å²) in [7, 11) is 1.76. The summed E-state index contributed by atoms with van der Waals surface area (Å²) in [5.74, 6) is 0. The number of hydrogen-bond acceptors (Lipinski definition) is 2. The van der Waals surface area contributed by atoms with E-state index in [1.54, 1.807) is 7.11 Å². The molecule has 1 heterocycles. The number of ether oxygens (including phenoxy) is 1. The lowest BCUT2D eigenvalue weighted by Crippen LogP contribution is -2.45. The molecule has 1 rings (SSSR count). The molecule has 10 heavy (non-hydrogen) atoms. The van der Waals surface area contributed by atoms with Gasteiger partial charge in [0.1, 0.15) is 0 Å². The quantitative estimate of drug-likeness (QED) is 0.596. The van der Waals surface area contributed by atoms with E-state index in [1.807, 2.05) is 0 Å². The third kappa shape index (κ3) is 1.96. The Morgan fingerprint density at radius 1 is 1.50 bits per heavy atom. The standard InChI is InChI=1S/C8H16NO/c1-8(2)6-7(10-3)4-5-9-8/h9H,4-6H2,1-3H3. The molecule has 1 fully saturated rings. The molecule has 59 valence electrons. The molecule has 0 aromatic carbocycles. The van der Waals surface area contributed by atoms with E-state index >= 15 is 0 Å². The molecule has 1 saturated heterocycles. The lowest BCUT2D eigenvalue weighted by Gasteiger charge is -2.34. The van der Waals surface area contributed by atoms with Crippen LogP contribution in [0.1, 0.15) is 26.7 Å². The van der Waals surface area contributed by atoms with E-state index < -0.39 is 0 Å². The molecule has 0 amide bonds. The Hall–Kier alpha value is -0.0800. The highest BCUT2D eigenvalue weighted by Crippen LogP contribution is 2.25. The number of rotatable bonds is 1. The fraction of sp³-hybridized carbons (Fsp3) is 0.875. The summed E-state index contributed by atoms with van der Waals surface area (Å²) in [5.41, 5.74) is 0.240. The largest absolute Gasteiger partial charge is 0.375 e. The van der Waals surface area contributed by atoms with E-state index in [9.17, 15) is 0 Å². The van der Waals surface area contributed by atoms with Crippen LogP contribution >= 0.6 is 0 Å². The molecule has 1 N–H and O–H groups in total. The van der Waals surface area contributed by atoms with Crippen LogP contribution in [-0.4, -0.2) is 19.2 Å². The lowest BCUT2D eigenvalue weighted by molar-refractivity contribution is 0.132. The van der Waals surface area contributed by atoms with Gasteiger partial charge in [0.25, 0.3) is 0 Å². The summed E-state index contributed by atoms with van der Waals surface area (Å²) in [6.07, 6.45) is 3.34. The number of hydrogen-bond donors (Lipinski definition) is 1. The van der Waals surface area contributed by atoms with E-state index in [0.717, 1.165) is 19.4 Å². The third-order valence-corrected chi connectivity index (χ3v) is 1.94. The van der Waals surface area contributed by atoms with Crippen molar-refractivity contribution in [2.24, 2.45) is 0 Å². The van der Waals surface area contributed by atoms with Crippen LogP contribution in [0, 0.1) is 6.10 Å². The van der Waals surface area contributed by atoms with E-state index in [-0.39, 0.29) is 5.54 Å². The van der Waals surface area contributed by atoms with Gasteiger partial charge >= 0.3 is 0 Å². The van der Waals surface area contributed by atoms with E-state index in [2.05, 4.69) is 19.2 Å². The summed E-state index contributed by atoms with van der Waals surface area (Å²) in [5, 5.41) is 3.42. The van der Waals surface area contributed by atoms with E-state index in [1.165, 1.54) is 6.10 Å². The molecular formula is C8H16NO.